The number of fused-ring (bicyclic) bond motifs is 1. The lowest BCUT2D eigenvalue weighted by atomic mass is 9.84. The van der Waals surface area contributed by atoms with Crippen molar-refractivity contribution in [3.8, 4) is 0 Å². The maximum atomic E-state index is 13.4. The fraction of sp³-hybridized carbons (Fsp3) is 0.318. The highest BCUT2D eigenvalue weighted by atomic mass is 16.2. The summed E-state index contributed by atoms with van der Waals surface area (Å²) in [6.07, 6.45) is -0.109. The number of carbonyl (C=O) groups is 3. The minimum Gasteiger partial charge on any atom is -0.337 e. The molecule has 0 unspecified atom stereocenters. The molecule has 0 saturated carbocycles. The summed E-state index contributed by atoms with van der Waals surface area (Å²) in [5.41, 5.74) is 0.571. The van der Waals surface area contributed by atoms with Gasteiger partial charge in [-0.05, 0) is 13.0 Å². The fourth-order valence-electron chi connectivity index (χ4n) is 3.50. The quantitative estimate of drug-likeness (QED) is 0.800. The van der Waals surface area contributed by atoms with Crippen LogP contribution in [-0.4, -0.2) is 24.1 Å². The lowest BCUT2D eigenvalue weighted by Gasteiger charge is -2.30. The first-order valence-corrected chi connectivity index (χ1v) is 9.22. The monoisotopic (exact) mass is 364 g/mol. The second-order valence-corrected chi connectivity index (χ2v) is 7.08. The van der Waals surface area contributed by atoms with Gasteiger partial charge in [-0.1, -0.05) is 62.4 Å². The first kappa shape index (κ1) is 18.8. The van der Waals surface area contributed by atoms with Gasteiger partial charge in [-0.2, -0.15) is 0 Å². The Morgan fingerprint density at radius 2 is 1.67 bits per heavy atom. The zero-order chi connectivity index (χ0) is 19.6. The Hall–Kier alpha value is -2.95. The summed E-state index contributed by atoms with van der Waals surface area (Å²) < 4.78 is 0. The van der Waals surface area contributed by atoms with Crippen LogP contribution in [0.15, 0.2) is 54.6 Å². The number of nitrogens with one attached hydrogen (secondary N) is 1. The molecule has 2 aromatic rings. The van der Waals surface area contributed by atoms with Gasteiger partial charge in [0.2, 0.25) is 5.91 Å². The van der Waals surface area contributed by atoms with Gasteiger partial charge in [0, 0.05) is 35.7 Å². The van der Waals surface area contributed by atoms with Crippen LogP contribution < -0.4 is 10.2 Å². The van der Waals surface area contributed by atoms with Crippen LogP contribution >= 0.6 is 0 Å². The molecule has 3 rings (SSSR count). The third-order valence-corrected chi connectivity index (χ3v) is 4.96. The van der Waals surface area contributed by atoms with Gasteiger partial charge >= 0.3 is 0 Å². The molecule has 0 bridgehead atoms. The zero-order valence-corrected chi connectivity index (χ0v) is 15.9. The molecule has 0 spiro atoms. The second-order valence-electron chi connectivity index (χ2n) is 7.08. The molecule has 0 fully saturated rings. The highest BCUT2D eigenvalue weighted by Gasteiger charge is 2.52. The van der Waals surface area contributed by atoms with Gasteiger partial charge in [-0.15, -0.1) is 0 Å². The van der Waals surface area contributed by atoms with Crippen molar-refractivity contribution in [3.63, 3.8) is 0 Å². The van der Waals surface area contributed by atoms with E-state index in [1.165, 1.54) is 0 Å². The van der Waals surface area contributed by atoms with Crippen molar-refractivity contribution in [1.82, 2.24) is 5.32 Å². The number of nitrogens with zero attached hydrogens (tertiary/aromatic N) is 1. The largest absolute Gasteiger partial charge is 0.337 e. The molecule has 0 radical (unpaired) electrons. The molecule has 5 heteroatoms. The fourth-order valence-corrected chi connectivity index (χ4v) is 3.50. The molecule has 0 aromatic heterocycles. The number of Topliss-reactive ketones (excluding diaryl/α,β-unsaturated/α-hetero) is 1. The Bertz CT molecular complexity index is 876. The van der Waals surface area contributed by atoms with Crippen molar-refractivity contribution in [1.29, 1.82) is 0 Å². The molecule has 27 heavy (non-hydrogen) atoms. The van der Waals surface area contributed by atoms with Crippen LogP contribution in [0.3, 0.4) is 0 Å². The van der Waals surface area contributed by atoms with Crippen molar-refractivity contribution in [3.05, 3.63) is 65.7 Å². The number of hydrogen-bond acceptors (Lipinski definition) is 3. The number of ketones is 1. The molecule has 1 N–H and O–H groups in total. The van der Waals surface area contributed by atoms with Gasteiger partial charge < -0.3 is 10.2 Å². The van der Waals surface area contributed by atoms with Crippen LogP contribution in [0.5, 0.6) is 0 Å². The van der Waals surface area contributed by atoms with E-state index in [4.69, 9.17) is 0 Å². The number of hydrogen-bond donors (Lipinski definition) is 1. The molecular weight excluding hydrogens is 340 g/mol. The van der Waals surface area contributed by atoms with Crippen LogP contribution in [0.1, 0.15) is 43.1 Å². The van der Waals surface area contributed by atoms with E-state index in [1.807, 2.05) is 37.3 Å². The number of amides is 2. The normalized spacial score (nSPS) is 18.5. The summed E-state index contributed by atoms with van der Waals surface area (Å²) in [5.74, 6) is -0.994. The number of anilines is 1. The van der Waals surface area contributed by atoms with Crippen LogP contribution in [0.4, 0.5) is 5.69 Å². The van der Waals surface area contributed by atoms with Crippen molar-refractivity contribution in [2.24, 2.45) is 5.92 Å². The number of likely N-dealkylation sites (N-methyl/N-ethyl adjacent to an activating group) is 1. The summed E-state index contributed by atoms with van der Waals surface area (Å²) in [6, 6.07) is 16.2. The van der Waals surface area contributed by atoms with Crippen LogP contribution in [-0.2, 0) is 15.1 Å². The number of carbonyl (C=O) groups excluding carboxylic acids is 3. The van der Waals surface area contributed by atoms with Gasteiger partial charge in [-0.25, -0.2) is 0 Å². The molecular formula is C22H24N2O3. The smallest absolute Gasteiger partial charge is 0.257 e. The predicted octanol–water partition coefficient (Wildman–Crippen LogP) is 3.29. The van der Waals surface area contributed by atoms with Crippen molar-refractivity contribution < 1.29 is 14.4 Å². The van der Waals surface area contributed by atoms with Crippen molar-refractivity contribution >= 4 is 23.3 Å². The Labute approximate surface area is 159 Å². The second kappa shape index (κ2) is 7.35. The van der Waals surface area contributed by atoms with Crippen molar-refractivity contribution in [2.75, 3.05) is 11.4 Å². The topological polar surface area (TPSA) is 66.5 Å². The lowest BCUT2D eigenvalue weighted by Crippen LogP contribution is -2.55. The number of rotatable bonds is 6. The van der Waals surface area contributed by atoms with Gasteiger partial charge in [-0.3, -0.25) is 14.4 Å². The minimum absolute atomic E-state index is 0.109. The molecule has 5 nitrogen and oxygen atoms in total. The van der Waals surface area contributed by atoms with Gasteiger partial charge in [0.15, 0.2) is 11.3 Å². The summed E-state index contributed by atoms with van der Waals surface area (Å²) in [7, 11) is 0. The van der Waals surface area contributed by atoms with Crippen molar-refractivity contribution in [2.45, 2.75) is 32.7 Å². The molecule has 1 atom stereocenters. The van der Waals surface area contributed by atoms with Crippen LogP contribution in [0.2, 0.25) is 0 Å². The van der Waals surface area contributed by atoms with E-state index < -0.39 is 5.54 Å². The summed E-state index contributed by atoms with van der Waals surface area (Å²) in [5, 5.41) is 2.91. The number of benzene rings is 2. The van der Waals surface area contributed by atoms with E-state index in [2.05, 4.69) is 5.32 Å². The SMILES string of the molecule is CCN1C(=O)[C@@](CC(=O)c2ccccc2)(NC(=O)C(C)C)c2ccccc21. The first-order valence-electron chi connectivity index (χ1n) is 9.22. The van der Waals surface area contributed by atoms with E-state index in [0.717, 1.165) is 5.69 Å². The maximum Gasteiger partial charge on any atom is 0.257 e. The molecule has 1 aliphatic rings. The highest BCUT2D eigenvalue weighted by molar-refractivity contribution is 6.13. The van der Waals surface area contributed by atoms with E-state index in [0.29, 0.717) is 17.7 Å². The van der Waals surface area contributed by atoms with Crippen LogP contribution in [0.25, 0.3) is 0 Å². The van der Waals surface area contributed by atoms with Gasteiger partial charge in [0.1, 0.15) is 0 Å². The molecule has 2 aromatic carbocycles. The van der Waals surface area contributed by atoms with E-state index in [9.17, 15) is 14.4 Å². The van der Waals surface area contributed by atoms with Gasteiger partial charge in [0.25, 0.3) is 5.91 Å². The average molecular weight is 364 g/mol. The average Bonchev–Trinajstić information content (AvgIpc) is 2.90. The van der Waals surface area contributed by atoms with E-state index in [-0.39, 0.29) is 29.9 Å². The molecule has 0 aliphatic carbocycles. The van der Waals surface area contributed by atoms with Crippen LogP contribution in [0, 0.1) is 5.92 Å². The molecule has 1 aliphatic heterocycles. The Morgan fingerprint density at radius 3 is 2.30 bits per heavy atom. The third kappa shape index (κ3) is 3.25. The maximum absolute atomic E-state index is 13.4. The summed E-state index contributed by atoms with van der Waals surface area (Å²) in [6.45, 7) is 5.89. The molecule has 140 valence electrons. The minimum atomic E-state index is -1.37. The third-order valence-electron chi connectivity index (χ3n) is 4.96. The van der Waals surface area contributed by atoms with E-state index >= 15 is 0 Å². The Kier molecular flexibility index (Phi) is 5.13. The summed E-state index contributed by atoms with van der Waals surface area (Å²) in [4.78, 5) is 40.6. The molecule has 2 amide bonds. The van der Waals surface area contributed by atoms with Gasteiger partial charge in [0.05, 0.1) is 0 Å². The molecule has 1 heterocycles. The predicted molar refractivity (Wildman–Crippen MR) is 105 cm³/mol. The first-order chi connectivity index (χ1) is 12.9. The number of para-hydroxylation sites is 1. The Morgan fingerprint density at radius 1 is 1.04 bits per heavy atom. The van der Waals surface area contributed by atoms with E-state index in [1.54, 1.807) is 43.0 Å². The lowest BCUT2D eigenvalue weighted by molar-refractivity contribution is -0.133. The Balaban J connectivity index is 2.10. The zero-order valence-electron chi connectivity index (χ0n) is 15.9. The highest BCUT2D eigenvalue weighted by Crippen LogP contribution is 2.43. The summed E-state index contributed by atoms with van der Waals surface area (Å²) >= 11 is 0. The standard InChI is InChI=1S/C22H24N2O3/c1-4-24-18-13-9-8-12-17(18)22(21(24)27,23-20(26)15(2)3)14-19(25)16-10-6-5-7-11-16/h5-13,15H,4,14H2,1-3H3,(H,23,26)/t22-/m0/s1. The molecule has 0 saturated heterocycles.